The highest BCUT2D eigenvalue weighted by Crippen LogP contribution is 2.29. The van der Waals surface area contributed by atoms with Crippen molar-refractivity contribution in [2.24, 2.45) is 23.5 Å². The number of halogens is 1. The molecule has 3 amide bonds. The number of benzene rings is 2. The number of carbonyl (C=O) groups is 3. The number of piperidine rings is 1. The number of likely N-dealkylation sites (tertiary alicyclic amines) is 1. The van der Waals surface area contributed by atoms with E-state index in [0.29, 0.717) is 62.0 Å². The Bertz CT molecular complexity index is 1190. The van der Waals surface area contributed by atoms with Crippen molar-refractivity contribution in [2.45, 2.75) is 71.4 Å². The van der Waals surface area contributed by atoms with Crippen molar-refractivity contribution >= 4 is 17.7 Å². The topological polar surface area (TPSA) is 95.7 Å². The third-order valence-corrected chi connectivity index (χ3v) is 8.62. The first-order valence-electron chi connectivity index (χ1n) is 15.1. The van der Waals surface area contributed by atoms with Crippen molar-refractivity contribution in [1.29, 1.82) is 0 Å². The molecule has 2 atom stereocenters. The number of amides is 3. The highest BCUT2D eigenvalue weighted by molar-refractivity contribution is 5.98. The van der Waals surface area contributed by atoms with Crippen LogP contribution in [0.25, 0.3) is 0 Å². The Morgan fingerprint density at radius 2 is 1.68 bits per heavy atom. The molecule has 41 heavy (non-hydrogen) atoms. The molecule has 1 saturated carbocycles. The fraction of sp³-hybridized carbons (Fsp3) is 0.545. The predicted octanol–water partition coefficient (Wildman–Crippen LogP) is 4.79. The zero-order valence-corrected chi connectivity index (χ0v) is 24.7. The molecule has 2 aliphatic rings. The zero-order valence-electron chi connectivity index (χ0n) is 24.7. The third-order valence-electron chi connectivity index (χ3n) is 8.62. The molecule has 2 aromatic rings. The Balaban J connectivity index is 1.55. The average molecular weight is 565 g/mol. The molecule has 0 spiro atoms. The molecule has 4 rings (SSSR count). The summed E-state index contributed by atoms with van der Waals surface area (Å²) < 4.78 is 13.6. The first kappa shape index (κ1) is 30.7. The molecule has 3 N–H and O–H groups in total. The van der Waals surface area contributed by atoms with Crippen molar-refractivity contribution in [1.82, 2.24) is 15.1 Å². The molecule has 2 fully saturated rings. The van der Waals surface area contributed by atoms with Crippen LogP contribution in [0.1, 0.15) is 78.7 Å². The van der Waals surface area contributed by atoms with E-state index in [0.717, 1.165) is 31.2 Å². The Labute approximate surface area is 243 Å². The Hall–Kier alpha value is -3.26. The molecule has 222 valence electrons. The second-order valence-corrected chi connectivity index (χ2v) is 12.3. The van der Waals surface area contributed by atoms with Gasteiger partial charge in [0.25, 0.3) is 11.8 Å². The van der Waals surface area contributed by atoms with Crippen molar-refractivity contribution in [3.05, 3.63) is 71.0 Å². The lowest BCUT2D eigenvalue weighted by Gasteiger charge is -2.43. The summed E-state index contributed by atoms with van der Waals surface area (Å²) in [5.41, 5.74) is 7.83. The van der Waals surface area contributed by atoms with Crippen LogP contribution < -0.4 is 11.1 Å². The van der Waals surface area contributed by atoms with Gasteiger partial charge in [0, 0.05) is 36.8 Å². The van der Waals surface area contributed by atoms with Gasteiger partial charge < -0.3 is 20.9 Å². The van der Waals surface area contributed by atoms with Crippen LogP contribution in [0.5, 0.6) is 0 Å². The van der Waals surface area contributed by atoms with Crippen LogP contribution in [0.3, 0.4) is 0 Å². The van der Waals surface area contributed by atoms with E-state index < -0.39 is 11.9 Å². The van der Waals surface area contributed by atoms with Crippen LogP contribution in [0.15, 0.2) is 48.5 Å². The monoisotopic (exact) mass is 564 g/mol. The summed E-state index contributed by atoms with van der Waals surface area (Å²) >= 11 is 0. The van der Waals surface area contributed by atoms with Gasteiger partial charge in [0.1, 0.15) is 11.9 Å². The number of nitrogens with zero attached hydrogens (tertiary/aromatic N) is 2. The van der Waals surface area contributed by atoms with Crippen LogP contribution in [0, 0.1) is 30.5 Å². The molecule has 1 heterocycles. The minimum Gasteiger partial charge on any atom is -0.354 e. The van der Waals surface area contributed by atoms with Crippen molar-refractivity contribution < 1.29 is 18.8 Å². The molecular formula is C33H45FN4O3. The lowest BCUT2D eigenvalue weighted by Crippen LogP contribution is -2.58. The summed E-state index contributed by atoms with van der Waals surface area (Å²) in [5.74, 6) is 0.217. The predicted molar refractivity (Wildman–Crippen MR) is 159 cm³/mol. The Morgan fingerprint density at radius 1 is 1.00 bits per heavy atom. The second kappa shape index (κ2) is 14.1. The van der Waals surface area contributed by atoms with E-state index in [2.05, 4.69) is 19.2 Å². The summed E-state index contributed by atoms with van der Waals surface area (Å²) in [5, 5.41) is 3.14. The molecule has 0 radical (unpaired) electrons. The van der Waals surface area contributed by atoms with E-state index >= 15 is 0 Å². The molecule has 0 bridgehead atoms. The van der Waals surface area contributed by atoms with E-state index in [1.54, 1.807) is 4.90 Å². The maximum atomic E-state index is 13.8. The van der Waals surface area contributed by atoms with E-state index in [4.69, 9.17) is 5.73 Å². The van der Waals surface area contributed by atoms with Gasteiger partial charge in [0.15, 0.2) is 0 Å². The van der Waals surface area contributed by atoms with Gasteiger partial charge in [-0.05, 0) is 106 Å². The molecule has 8 heteroatoms. The van der Waals surface area contributed by atoms with Gasteiger partial charge in [-0.3, -0.25) is 14.4 Å². The molecular weight excluding hydrogens is 519 g/mol. The van der Waals surface area contributed by atoms with E-state index in [1.807, 2.05) is 36.1 Å². The highest BCUT2D eigenvalue weighted by Gasteiger charge is 2.40. The van der Waals surface area contributed by atoms with Gasteiger partial charge in [-0.1, -0.05) is 31.5 Å². The van der Waals surface area contributed by atoms with Crippen molar-refractivity contribution in [2.75, 3.05) is 26.2 Å². The molecule has 1 aliphatic heterocycles. The van der Waals surface area contributed by atoms with Crippen LogP contribution in [0.2, 0.25) is 0 Å². The maximum Gasteiger partial charge on any atom is 0.254 e. The summed E-state index contributed by atoms with van der Waals surface area (Å²) in [6, 6.07) is 12.1. The average Bonchev–Trinajstić information content (AvgIpc) is 2.98. The van der Waals surface area contributed by atoms with Gasteiger partial charge in [-0.2, -0.15) is 0 Å². The lowest BCUT2D eigenvalue weighted by molar-refractivity contribution is -0.127. The summed E-state index contributed by atoms with van der Waals surface area (Å²) in [4.78, 5) is 44.6. The van der Waals surface area contributed by atoms with Crippen LogP contribution in [-0.4, -0.2) is 65.8 Å². The zero-order chi connectivity index (χ0) is 29.5. The standard InChI is InChI=1S/C33H45FN4O3/c1-22(2)21-38(33(41)27-6-4-5-23(3)17-27)29-15-16-37(32(40)26-11-13-28(34)14-12-26)30(18-29)31(39)36-20-25-9-7-24(19-35)8-10-25/h4-6,11-14,17,22,24-25,29-30H,7-10,15-16,18-21,35H2,1-3H3,(H,36,39)/t24?,25?,29?,30-/m1/s1. The first-order valence-corrected chi connectivity index (χ1v) is 15.1. The fourth-order valence-corrected chi connectivity index (χ4v) is 6.25. The smallest absolute Gasteiger partial charge is 0.254 e. The van der Waals surface area contributed by atoms with Crippen LogP contribution >= 0.6 is 0 Å². The number of hydrogen-bond acceptors (Lipinski definition) is 4. The Kier molecular flexibility index (Phi) is 10.5. The minimum atomic E-state index is -0.730. The summed E-state index contributed by atoms with van der Waals surface area (Å²) in [6.45, 7) is 8.27. The van der Waals surface area contributed by atoms with Crippen molar-refractivity contribution in [3.63, 3.8) is 0 Å². The van der Waals surface area contributed by atoms with Crippen LogP contribution in [-0.2, 0) is 4.79 Å². The number of aryl methyl sites for hydroxylation is 1. The largest absolute Gasteiger partial charge is 0.354 e. The Morgan fingerprint density at radius 3 is 2.32 bits per heavy atom. The van der Waals surface area contributed by atoms with Crippen molar-refractivity contribution in [3.8, 4) is 0 Å². The van der Waals surface area contributed by atoms with Gasteiger partial charge in [0.2, 0.25) is 5.91 Å². The lowest BCUT2D eigenvalue weighted by atomic mass is 9.82. The summed E-state index contributed by atoms with van der Waals surface area (Å²) in [7, 11) is 0. The fourth-order valence-electron chi connectivity index (χ4n) is 6.25. The number of nitrogens with one attached hydrogen (secondary N) is 1. The number of carbonyl (C=O) groups excluding carboxylic acids is 3. The SMILES string of the molecule is Cc1cccc(C(=O)N(CC(C)C)C2CCN(C(=O)c3ccc(F)cc3)[C@@H](C(=O)NCC3CCC(CN)CC3)C2)c1. The van der Waals surface area contributed by atoms with E-state index in [1.165, 1.54) is 24.3 Å². The molecule has 2 aromatic carbocycles. The molecule has 1 saturated heterocycles. The first-order chi connectivity index (χ1) is 19.7. The number of hydrogen-bond donors (Lipinski definition) is 2. The maximum absolute atomic E-state index is 13.8. The second-order valence-electron chi connectivity index (χ2n) is 12.3. The number of nitrogens with two attached hydrogens (primary N) is 1. The third kappa shape index (κ3) is 7.94. The van der Waals surface area contributed by atoms with Crippen LogP contribution in [0.4, 0.5) is 4.39 Å². The highest BCUT2D eigenvalue weighted by atomic mass is 19.1. The summed E-state index contributed by atoms with van der Waals surface area (Å²) in [6.07, 6.45) is 5.11. The molecule has 1 unspecified atom stereocenters. The normalized spacial score (nSPS) is 22.8. The number of rotatable bonds is 9. The minimum absolute atomic E-state index is 0.0541. The van der Waals surface area contributed by atoms with Gasteiger partial charge in [0.05, 0.1) is 0 Å². The van der Waals surface area contributed by atoms with Gasteiger partial charge in [-0.15, -0.1) is 0 Å². The van der Waals surface area contributed by atoms with E-state index in [-0.39, 0.29) is 29.7 Å². The quantitative estimate of drug-likeness (QED) is 0.458. The van der Waals surface area contributed by atoms with E-state index in [9.17, 15) is 18.8 Å². The van der Waals surface area contributed by atoms with Gasteiger partial charge in [-0.25, -0.2) is 4.39 Å². The molecule has 1 aliphatic carbocycles. The molecule has 0 aromatic heterocycles. The van der Waals surface area contributed by atoms with Gasteiger partial charge >= 0.3 is 0 Å². The molecule has 7 nitrogen and oxygen atoms in total.